The number of rotatable bonds is 6. The van der Waals surface area contributed by atoms with Crippen LogP contribution in [0.3, 0.4) is 0 Å². The lowest BCUT2D eigenvalue weighted by Crippen LogP contribution is -2.49. The van der Waals surface area contributed by atoms with Gasteiger partial charge in [-0.1, -0.05) is 26.8 Å². The predicted molar refractivity (Wildman–Crippen MR) is 156 cm³/mol. The number of carbonyl (C=O) groups excluding carboxylic acids is 1. The summed E-state index contributed by atoms with van der Waals surface area (Å²) in [4.78, 5) is 22.9. The molecule has 1 fully saturated rings. The molecule has 0 radical (unpaired) electrons. The number of fused-ring (bicyclic) bond motifs is 1. The van der Waals surface area contributed by atoms with E-state index in [4.69, 9.17) is 0 Å². The van der Waals surface area contributed by atoms with E-state index in [-0.39, 0.29) is 11.3 Å². The van der Waals surface area contributed by atoms with Gasteiger partial charge in [-0.2, -0.15) is 5.10 Å². The van der Waals surface area contributed by atoms with E-state index >= 15 is 0 Å². The summed E-state index contributed by atoms with van der Waals surface area (Å²) in [6, 6.07) is 16.3. The van der Waals surface area contributed by atoms with E-state index in [0.717, 1.165) is 48.5 Å². The molecular weight excluding hydrogens is 474 g/mol. The number of amides is 1. The summed E-state index contributed by atoms with van der Waals surface area (Å²) in [7, 11) is 0. The van der Waals surface area contributed by atoms with Gasteiger partial charge in [0.2, 0.25) is 0 Å². The number of piperazine rings is 1. The van der Waals surface area contributed by atoms with Crippen LogP contribution in [-0.4, -0.2) is 58.2 Å². The van der Waals surface area contributed by atoms with Crippen LogP contribution in [0, 0.1) is 0 Å². The van der Waals surface area contributed by atoms with Gasteiger partial charge < -0.3 is 15.5 Å². The molecule has 0 spiro atoms. The minimum atomic E-state index is -0.206. The van der Waals surface area contributed by atoms with Gasteiger partial charge in [0.05, 0.1) is 17.3 Å². The smallest absolute Gasteiger partial charge is 0.259 e. The van der Waals surface area contributed by atoms with Gasteiger partial charge in [-0.3, -0.25) is 14.8 Å². The fourth-order valence-corrected chi connectivity index (χ4v) is 5.02. The molecular formula is C30H37N7O. The number of hydrogen-bond donors (Lipinski definition) is 3. The molecule has 0 bridgehead atoms. The number of pyridine rings is 1. The summed E-state index contributed by atoms with van der Waals surface area (Å²) < 4.78 is 0. The summed E-state index contributed by atoms with van der Waals surface area (Å²) in [5.74, 6) is 0.294. The Balaban J connectivity index is 1.38. The fraction of sp³-hybridized carbons (Fsp3) is 0.367. The van der Waals surface area contributed by atoms with Crippen LogP contribution >= 0.6 is 0 Å². The monoisotopic (exact) mass is 511 g/mol. The highest BCUT2D eigenvalue weighted by molar-refractivity contribution is 6.08. The molecule has 1 aliphatic heterocycles. The first-order valence-electron chi connectivity index (χ1n) is 13.3. The van der Waals surface area contributed by atoms with Crippen LogP contribution in [0.4, 0.5) is 22.9 Å². The van der Waals surface area contributed by atoms with Gasteiger partial charge in [-0.05, 0) is 67.3 Å². The molecule has 38 heavy (non-hydrogen) atoms. The van der Waals surface area contributed by atoms with Crippen molar-refractivity contribution in [1.29, 1.82) is 0 Å². The van der Waals surface area contributed by atoms with Crippen LogP contribution in [0.25, 0.3) is 10.9 Å². The molecule has 8 nitrogen and oxygen atoms in total. The van der Waals surface area contributed by atoms with Crippen LogP contribution in [0.1, 0.15) is 50.5 Å². The van der Waals surface area contributed by atoms with E-state index in [9.17, 15) is 4.79 Å². The van der Waals surface area contributed by atoms with E-state index in [1.807, 2.05) is 24.3 Å². The summed E-state index contributed by atoms with van der Waals surface area (Å²) >= 11 is 0. The molecule has 2 aromatic heterocycles. The van der Waals surface area contributed by atoms with Gasteiger partial charge in [0, 0.05) is 60.9 Å². The normalized spacial score (nSPS) is 14.7. The third-order valence-electron chi connectivity index (χ3n) is 7.21. The molecule has 3 heterocycles. The van der Waals surface area contributed by atoms with Gasteiger partial charge in [-0.25, -0.2) is 4.98 Å². The molecule has 8 heteroatoms. The minimum absolute atomic E-state index is 0.0107. The molecule has 198 valence electrons. The van der Waals surface area contributed by atoms with E-state index in [1.165, 1.54) is 11.3 Å². The zero-order valence-corrected chi connectivity index (χ0v) is 22.9. The van der Waals surface area contributed by atoms with Crippen molar-refractivity contribution in [2.45, 2.75) is 46.1 Å². The number of nitrogens with one attached hydrogen (secondary N) is 3. The van der Waals surface area contributed by atoms with Crippen molar-refractivity contribution < 1.29 is 4.79 Å². The summed E-state index contributed by atoms with van der Waals surface area (Å²) in [5.41, 5.74) is 5.46. The molecule has 0 saturated carbocycles. The number of carbonyl (C=O) groups is 1. The van der Waals surface area contributed by atoms with Gasteiger partial charge in [0.15, 0.2) is 0 Å². The maximum atomic E-state index is 13.5. The second-order valence-corrected chi connectivity index (χ2v) is 11.2. The second-order valence-electron chi connectivity index (χ2n) is 11.2. The molecule has 1 saturated heterocycles. The average Bonchev–Trinajstić information content (AvgIpc) is 3.36. The van der Waals surface area contributed by atoms with Crippen molar-refractivity contribution in [1.82, 2.24) is 20.1 Å². The highest BCUT2D eigenvalue weighted by Gasteiger charge is 2.26. The van der Waals surface area contributed by atoms with Gasteiger partial charge in [0.25, 0.3) is 5.91 Å². The van der Waals surface area contributed by atoms with Gasteiger partial charge >= 0.3 is 0 Å². The van der Waals surface area contributed by atoms with Gasteiger partial charge in [-0.15, -0.1) is 0 Å². The average molecular weight is 512 g/mol. The Morgan fingerprint density at radius 1 is 1.00 bits per heavy atom. The lowest BCUT2D eigenvalue weighted by molar-refractivity contribution is 0.102. The Bertz CT molecular complexity index is 1430. The number of aromatic amines is 1. The largest absolute Gasteiger partial charge is 0.369 e. The SMILES string of the molecule is CC(C)N1CCN(c2cc(NC(=O)c3cccnc3Nc3ccc4cn[nH]c4c3)ccc2C(C)(C)C)CC1. The summed E-state index contributed by atoms with van der Waals surface area (Å²) in [6.07, 6.45) is 3.46. The summed E-state index contributed by atoms with van der Waals surface area (Å²) in [5, 5.41) is 14.5. The maximum Gasteiger partial charge on any atom is 0.259 e. The van der Waals surface area contributed by atoms with Crippen LogP contribution in [0.2, 0.25) is 0 Å². The van der Waals surface area contributed by atoms with Crippen molar-refractivity contribution in [3.05, 3.63) is 72.1 Å². The molecule has 0 atom stereocenters. The van der Waals surface area contributed by atoms with Crippen LogP contribution in [0.15, 0.2) is 60.9 Å². The van der Waals surface area contributed by atoms with Crippen LogP contribution in [0.5, 0.6) is 0 Å². The highest BCUT2D eigenvalue weighted by atomic mass is 16.1. The van der Waals surface area contributed by atoms with Crippen molar-refractivity contribution in [2.75, 3.05) is 41.7 Å². The number of nitrogens with zero attached hydrogens (tertiary/aromatic N) is 4. The number of anilines is 4. The molecule has 2 aromatic carbocycles. The molecule has 0 unspecified atom stereocenters. The zero-order valence-electron chi connectivity index (χ0n) is 22.9. The quantitative estimate of drug-likeness (QED) is 0.304. The standard InChI is InChI=1S/C30H37N7O/c1-20(2)36-13-15-37(16-14-36)27-18-23(10-11-25(27)30(3,4)5)34-29(38)24-7-6-12-31-28(24)33-22-9-8-21-19-32-35-26(21)17-22/h6-12,17-20H,13-16H2,1-5H3,(H,31,33)(H,32,35)(H,34,38). The molecule has 3 N–H and O–H groups in total. The Labute approximate surface area is 224 Å². The Morgan fingerprint density at radius 3 is 2.50 bits per heavy atom. The lowest BCUT2D eigenvalue weighted by Gasteiger charge is -2.40. The highest BCUT2D eigenvalue weighted by Crippen LogP contribution is 2.35. The molecule has 4 aromatic rings. The Hall–Kier alpha value is -3.91. The molecule has 0 aliphatic carbocycles. The van der Waals surface area contributed by atoms with E-state index in [2.05, 4.69) is 82.4 Å². The molecule has 1 aliphatic rings. The first-order chi connectivity index (χ1) is 18.2. The fourth-order valence-electron chi connectivity index (χ4n) is 5.02. The molecule has 1 amide bonds. The number of hydrogen-bond acceptors (Lipinski definition) is 6. The van der Waals surface area contributed by atoms with Crippen molar-refractivity contribution in [2.24, 2.45) is 0 Å². The van der Waals surface area contributed by atoms with E-state index in [0.29, 0.717) is 17.4 Å². The first kappa shape index (κ1) is 25.7. The number of H-pyrrole nitrogens is 1. The Morgan fingerprint density at radius 2 is 1.76 bits per heavy atom. The van der Waals surface area contributed by atoms with E-state index < -0.39 is 0 Å². The van der Waals surface area contributed by atoms with Crippen molar-refractivity contribution in [3.63, 3.8) is 0 Å². The lowest BCUT2D eigenvalue weighted by atomic mass is 9.85. The predicted octanol–water partition coefficient (Wildman–Crippen LogP) is 5.78. The number of aromatic nitrogens is 3. The second kappa shape index (κ2) is 10.5. The third-order valence-corrected chi connectivity index (χ3v) is 7.21. The summed E-state index contributed by atoms with van der Waals surface area (Å²) in [6.45, 7) is 15.2. The Kier molecular flexibility index (Phi) is 7.08. The minimum Gasteiger partial charge on any atom is -0.369 e. The zero-order chi connectivity index (χ0) is 26.9. The van der Waals surface area contributed by atoms with Crippen LogP contribution in [-0.2, 0) is 5.41 Å². The van der Waals surface area contributed by atoms with Crippen molar-refractivity contribution >= 4 is 39.7 Å². The van der Waals surface area contributed by atoms with Gasteiger partial charge in [0.1, 0.15) is 5.82 Å². The van der Waals surface area contributed by atoms with Crippen LogP contribution < -0.4 is 15.5 Å². The third kappa shape index (κ3) is 5.50. The maximum absolute atomic E-state index is 13.5. The number of benzene rings is 2. The topological polar surface area (TPSA) is 89.2 Å². The first-order valence-corrected chi connectivity index (χ1v) is 13.3. The van der Waals surface area contributed by atoms with Crippen molar-refractivity contribution in [3.8, 4) is 0 Å². The molecule has 5 rings (SSSR count). The van der Waals surface area contributed by atoms with E-state index in [1.54, 1.807) is 24.5 Å².